The lowest BCUT2D eigenvalue weighted by molar-refractivity contribution is 0.628. The second-order valence-corrected chi connectivity index (χ2v) is 6.77. The molecule has 21 heavy (non-hydrogen) atoms. The zero-order chi connectivity index (χ0) is 15.4. The van der Waals surface area contributed by atoms with Crippen LogP contribution >= 0.6 is 22.9 Å². The highest BCUT2D eigenvalue weighted by Gasteiger charge is 2.16. The summed E-state index contributed by atoms with van der Waals surface area (Å²) in [7, 11) is 0. The molecular weight excluding hydrogens is 307 g/mol. The first kappa shape index (κ1) is 16.4. The maximum absolute atomic E-state index is 13.2. The molecule has 0 aliphatic heterocycles. The molecule has 1 aromatic heterocycles. The van der Waals surface area contributed by atoms with Crippen molar-refractivity contribution in [2.75, 3.05) is 6.54 Å². The molecule has 0 bridgehead atoms. The van der Waals surface area contributed by atoms with Crippen molar-refractivity contribution in [1.29, 1.82) is 0 Å². The Morgan fingerprint density at radius 1 is 1.38 bits per heavy atom. The molecule has 2 nitrogen and oxygen atoms in total. The summed E-state index contributed by atoms with van der Waals surface area (Å²) in [4.78, 5) is 5.95. The third kappa shape index (κ3) is 4.02. The predicted molar refractivity (Wildman–Crippen MR) is 88.6 cm³/mol. The Morgan fingerprint density at radius 2 is 2.14 bits per heavy atom. The van der Waals surface area contributed by atoms with Gasteiger partial charge < -0.3 is 5.32 Å². The van der Waals surface area contributed by atoms with Crippen LogP contribution in [-0.4, -0.2) is 11.5 Å². The highest BCUT2D eigenvalue weighted by molar-refractivity contribution is 7.15. The fraction of sp³-hybridized carbons (Fsp3) is 0.438. The first-order chi connectivity index (χ1) is 10.0. The van der Waals surface area contributed by atoms with Gasteiger partial charge in [0.1, 0.15) is 10.8 Å². The van der Waals surface area contributed by atoms with E-state index in [1.165, 1.54) is 17.0 Å². The quantitative estimate of drug-likeness (QED) is 0.736. The molecule has 0 saturated carbocycles. The average molecular weight is 327 g/mol. The summed E-state index contributed by atoms with van der Waals surface area (Å²) in [6.07, 6.45) is 1.10. The van der Waals surface area contributed by atoms with Gasteiger partial charge in [0, 0.05) is 17.0 Å². The van der Waals surface area contributed by atoms with Gasteiger partial charge >= 0.3 is 0 Å². The van der Waals surface area contributed by atoms with E-state index in [1.54, 1.807) is 17.4 Å². The first-order valence-electron chi connectivity index (χ1n) is 7.18. The molecule has 0 unspecified atom stereocenters. The van der Waals surface area contributed by atoms with Gasteiger partial charge in [-0.05, 0) is 37.1 Å². The monoisotopic (exact) mass is 326 g/mol. The second kappa shape index (κ2) is 7.34. The van der Waals surface area contributed by atoms with Gasteiger partial charge in [0.15, 0.2) is 0 Å². The van der Waals surface area contributed by atoms with Gasteiger partial charge in [-0.3, -0.25) is 0 Å². The molecule has 0 amide bonds. The van der Waals surface area contributed by atoms with Crippen LogP contribution in [-0.2, 0) is 6.54 Å². The predicted octanol–water partition coefficient (Wildman–Crippen LogP) is 5.23. The molecule has 0 saturated heterocycles. The van der Waals surface area contributed by atoms with Crippen LogP contribution in [0.25, 0.3) is 10.6 Å². The third-order valence-corrected chi connectivity index (χ3v) is 4.57. The number of rotatable bonds is 6. The highest BCUT2D eigenvalue weighted by atomic mass is 35.5. The van der Waals surface area contributed by atoms with Crippen molar-refractivity contribution in [3.8, 4) is 10.6 Å². The SMILES string of the molecule is CCCNCc1sc(-c2ccc(F)cc2Cl)nc1C(C)C. The van der Waals surface area contributed by atoms with E-state index in [1.807, 2.05) is 0 Å². The molecule has 1 N–H and O–H groups in total. The minimum absolute atomic E-state index is 0.325. The van der Waals surface area contributed by atoms with E-state index in [0.717, 1.165) is 35.8 Å². The van der Waals surface area contributed by atoms with E-state index < -0.39 is 0 Å². The summed E-state index contributed by atoms with van der Waals surface area (Å²) in [6, 6.07) is 4.46. The van der Waals surface area contributed by atoms with Gasteiger partial charge in [0.2, 0.25) is 0 Å². The lowest BCUT2D eigenvalue weighted by Crippen LogP contribution is -2.14. The Bertz CT molecular complexity index is 610. The summed E-state index contributed by atoms with van der Waals surface area (Å²) in [5.74, 6) is 0.0295. The Labute approximate surface area is 134 Å². The van der Waals surface area contributed by atoms with Crippen LogP contribution < -0.4 is 5.32 Å². The molecule has 0 spiro atoms. The normalized spacial score (nSPS) is 11.3. The fourth-order valence-electron chi connectivity index (χ4n) is 2.10. The number of nitrogens with one attached hydrogen (secondary N) is 1. The van der Waals surface area contributed by atoms with Crippen LogP contribution in [0, 0.1) is 5.82 Å². The molecule has 1 aromatic carbocycles. The van der Waals surface area contributed by atoms with Crippen LogP contribution in [0.5, 0.6) is 0 Å². The molecular formula is C16H20ClFN2S. The van der Waals surface area contributed by atoms with E-state index in [-0.39, 0.29) is 5.82 Å². The molecule has 5 heteroatoms. The van der Waals surface area contributed by atoms with Crippen molar-refractivity contribution in [3.05, 3.63) is 39.6 Å². The number of hydrogen-bond donors (Lipinski definition) is 1. The molecule has 1 heterocycles. The Balaban J connectivity index is 2.34. The summed E-state index contributed by atoms with van der Waals surface area (Å²) in [5, 5.41) is 4.68. The van der Waals surface area contributed by atoms with Gasteiger partial charge in [-0.25, -0.2) is 9.37 Å². The smallest absolute Gasteiger partial charge is 0.125 e. The molecule has 0 fully saturated rings. The van der Waals surface area contributed by atoms with Gasteiger partial charge in [-0.15, -0.1) is 11.3 Å². The average Bonchev–Trinajstić information content (AvgIpc) is 2.83. The van der Waals surface area contributed by atoms with E-state index in [2.05, 4.69) is 26.1 Å². The van der Waals surface area contributed by atoms with Crippen LogP contribution in [0.15, 0.2) is 18.2 Å². The number of nitrogens with zero attached hydrogens (tertiary/aromatic N) is 1. The zero-order valence-electron chi connectivity index (χ0n) is 12.5. The number of aromatic nitrogens is 1. The summed E-state index contributed by atoms with van der Waals surface area (Å²) in [5.41, 5.74) is 1.89. The topological polar surface area (TPSA) is 24.9 Å². The molecule has 2 aromatic rings. The minimum Gasteiger partial charge on any atom is -0.312 e. The van der Waals surface area contributed by atoms with Crippen molar-refractivity contribution in [2.24, 2.45) is 0 Å². The van der Waals surface area contributed by atoms with Crippen molar-refractivity contribution in [2.45, 2.75) is 39.7 Å². The van der Waals surface area contributed by atoms with E-state index in [4.69, 9.17) is 16.6 Å². The summed E-state index contributed by atoms with van der Waals surface area (Å²) < 4.78 is 13.2. The van der Waals surface area contributed by atoms with Crippen molar-refractivity contribution >= 4 is 22.9 Å². The Morgan fingerprint density at radius 3 is 2.76 bits per heavy atom. The Kier molecular flexibility index (Phi) is 5.73. The molecule has 0 radical (unpaired) electrons. The number of benzene rings is 1. The molecule has 0 aliphatic carbocycles. The lowest BCUT2D eigenvalue weighted by Gasteiger charge is -2.05. The summed E-state index contributed by atoms with van der Waals surface area (Å²) >= 11 is 7.77. The number of thiazole rings is 1. The highest BCUT2D eigenvalue weighted by Crippen LogP contribution is 2.35. The molecule has 0 aliphatic rings. The second-order valence-electron chi connectivity index (χ2n) is 5.28. The van der Waals surface area contributed by atoms with Gasteiger partial charge in [0.05, 0.1) is 10.7 Å². The van der Waals surface area contributed by atoms with Crippen molar-refractivity contribution in [3.63, 3.8) is 0 Å². The Hall–Kier alpha value is -0.970. The maximum atomic E-state index is 13.2. The number of halogens is 2. The lowest BCUT2D eigenvalue weighted by atomic mass is 10.1. The van der Waals surface area contributed by atoms with Crippen LogP contribution in [0.4, 0.5) is 4.39 Å². The van der Waals surface area contributed by atoms with Gasteiger partial charge in [0.25, 0.3) is 0 Å². The minimum atomic E-state index is -0.325. The molecule has 2 rings (SSSR count). The zero-order valence-corrected chi connectivity index (χ0v) is 14.1. The van der Waals surface area contributed by atoms with E-state index in [0.29, 0.717) is 10.9 Å². The van der Waals surface area contributed by atoms with Crippen LogP contribution in [0.2, 0.25) is 5.02 Å². The van der Waals surface area contributed by atoms with Crippen LogP contribution in [0.3, 0.4) is 0 Å². The fourth-order valence-corrected chi connectivity index (χ4v) is 3.64. The largest absolute Gasteiger partial charge is 0.312 e. The third-order valence-electron chi connectivity index (χ3n) is 3.15. The number of hydrogen-bond acceptors (Lipinski definition) is 3. The van der Waals surface area contributed by atoms with E-state index >= 15 is 0 Å². The first-order valence-corrected chi connectivity index (χ1v) is 8.38. The molecule has 114 valence electrons. The van der Waals surface area contributed by atoms with Gasteiger partial charge in [-0.1, -0.05) is 32.4 Å². The van der Waals surface area contributed by atoms with Crippen molar-refractivity contribution < 1.29 is 4.39 Å². The van der Waals surface area contributed by atoms with Crippen molar-refractivity contribution in [1.82, 2.24) is 10.3 Å². The van der Waals surface area contributed by atoms with Gasteiger partial charge in [-0.2, -0.15) is 0 Å². The van der Waals surface area contributed by atoms with Crippen LogP contribution in [0.1, 0.15) is 43.7 Å². The van der Waals surface area contributed by atoms with E-state index in [9.17, 15) is 4.39 Å². The standard InChI is InChI=1S/C16H20ClFN2S/c1-4-7-19-9-14-15(10(2)3)20-16(21-14)12-6-5-11(18)8-13(12)17/h5-6,8,10,19H,4,7,9H2,1-3H3. The molecule has 0 atom stereocenters. The summed E-state index contributed by atoms with van der Waals surface area (Å²) in [6.45, 7) is 8.22. The maximum Gasteiger partial charge on any atom is 0.125 e.